The molecular formula is C21H31NO. The summed E-state index contributed by atoms with van der Waals surface area (Å²) in [6.45, 7) is 8.55. The Morgan fingerprint density at radius 2 is 1.57 bits per heavy atom. The van der Waals surface area contributed by atoms with E-state index >= 15 is 0 Å². The number of hydroxylamine groups is 1. The van der Waals surface area contributed by atoms with E-state index in [1.807, 2.05) is 0 Å². The van der Waals surface area contributed by atoms with Crippen molar-refractivity contribution in [2.24, 2.45) is 0 Å². The Labute approximate surface area is 141 Å². The molecular weight excluding hydrogens is 282 g/mol. The summed E-state index contributed by atoms with van der Waals surface area (Å²) in [5, 5.41) is 2.51. The van der Waals surface area contributed by atoms with Gasteiger partial charge in [0.05, 0.1) is 0 Å². The first kappa shape index (κ1) is 17.8. The molecule has 2 rings (SSSR count). The Hall–Kier alpha value is -1.54. The van der Waals surface area contributed by atoms with Gasteiger partial charge in [0.15, 0.2) is 5.75 Å². The van der Waals surface area contributed by atoms with Crippen LogP contribution < -0.4 is 10.3 Å². The second kappa shape index (κ2) is 8.35. The molecule has 0 aliphatic heterocycles. The van der Waals surface area contributed by atoms with Crippen molar-refractivity contribution in [1.82, 2.24) is 5.48 Å². The van der Waals surface area contributed by atoms with Crippen LogP contribution in [-0.2, 0) is 6.42 Å². The van der Waals surface area contributed by atoms with Crippen LogP contribution in [0.2, 0.25) is 0 Å². The topological polar surface area (TPSA) is 21.3 Å². The summed E-state index contributed by atoms with van der Waals surface area (Å²) in [5.41, 5.74) is 4.48. The number of hydrogen-bond acceptors (Lipinski definition) is 2. The van der Waals surface area contributed by atoms with Crippen LogP contribution in [0.15, 0.2) is 36.4 Å². The Balaban J connectivity index is 2.11. The minimum absolute atomic E-state index is 0.0704. The van der Waals surface area contributed by atoms with E-state index in [0.29, 0.717) is 0 Å². The van der Waals surface area contributed by atoms with Gasteiger partial charge >= 0.3 is 0 Å². The number of rotatable bonds is 8. The summed E-state index contributed by atoms with van der Waals surface area (Å²) in [7, 11) is 0. The number of nitrogens with one attached hydrogen (secondary N) is 1. The zero-order chi connectivity index (χ0) is 16.7. The Morgan fingerprint density at radius 3 is 2.26 bits per heavy atom. The minimum atomic E-state index is -0.0704. The second-order valence-electron chi connectivity index (χ2n) is 7.39. The van der Waals surface area contributed by atoms with Crippen LogP contribution in [0, 0.1) is 0 Å². The fraction of sp³-hybridized carbons (Fsp3) is 0.524. The van der Waals surface area contributed by atoms with E-state index < -0.39 is 0 Å². The van der Waals surface area contributed by atoms with Gasteiger partial charge in [-0.25, -0.2) is 0 Å². The molecule has 1 N–H and O–H groups in total. The van der Waals surface area contributed by atoms with Crippen LogP contribution in [0.1, 0.15) is 65.4 Å². The van der Waals surface area contributed by atoms with E-state index in [1.165, 1.54) is 48.4 Å². The maximum Gasteiger partial charge on any atom is 0.155 e. The highest BCUT2D eigenvalue weighted by molar-refractivity contribution is 5.91. The van der Waals surface area contributed by atoms with E-state index in [0.717, 1.165) is 12.2 Å². The lowest BCUT2D eigenvalue weighted by Gasteiger charge is -2.21. The van der Waals surface area contributed by atoms with E-state index in [4.69, 9.17) is 4.84 Å². The van der Waals surface area contributed by atoms with Crippen LogP contribution in [0.4, 0.5) is 0 Å². The molecule has 0 heterocycles. The third-order valence-corrected chi connectivity index (χ3v) is 3.99. The standard InChI is InChI=1S/C21H31NO/c1-5-6-7-8-9-12-17-15-16-20(23-22-21(2,3)4)19-14-11-10-13-18(17)19/h10-11,13-16,22H,5-9,12H2,1-4H3. The number of aryl methyl sites for hydroxylation is 1. The lowest BCUT2D eigenvalue weighted by Crippen LogP contribution is -2.38. The van der Waals surface area contributed by atoms with Gasteiger partial charge in [0.25, 0.3) is 0 Å². The Kier molecular flexibility index (Phi) is 6.47. The van der Waals surface area contributed by atoms with Crippen LogP contribution in [0.5, 0.6) is 5.75 Å². The zero-order valence-corrected chi connectivity index (χ0v) is 15.1. The third-order valence-electron chi connectivity index (χ3n) is 3.99. The molecule has 2 heteroatoms. The molecule has 0 aromatic heterocycles. The molecule has 0 radical (unpaired) electrons. The van der Waals surface area contributed by atoms with Crippen molar-refractivity contribution in [2.75, 3.05) is 0 Å². The molecule has 0 fully saturated rings. The third kappa shape index (κ3) is 5.54. The van der Waals surface area contributed by atoms with Crippen molar-refractivity contribution in [3.8, 4) is 5.75 Å². The molecule has 0 aliphatic rings. The van der Waals surface area contributed by atoms with E-state index in [1.54, 1.807) is 0 Å². The summed E-state index contributed by atoms with van der Waals surface area (Å²) >= 11 is 0. The molecule has 23 heavy (non-hydrogen) atoms. The van der Waals surface area contributed by atoms with Crippen molar-refractivity contribution in [3.63, 3.8) is 0 Å². The lowest BCUT2D eigenvalue weighted by molar-refractivity contribution is 0.121. The number of unbranched alkanes of at least 4 members (excludes halogenated alkanes) is 4. The molecule has 2 aromatic carbocycles. The molecule has 2 aromatic rings. The predicted molar refractivity (Wildman–Crippen MR) is 99.9 cm³/mol. The van der Waals surface area contributed by atoms with Gasteiger partial charge in [-0.05, 0) is 50.6 Å². The molecule has 0 atom stereocenters. The predicted octanol–water partition coefficient (Wildman–Crippen LogP) is 6.03. The van der Waals surface area contributed by atoms with Crippen LogP contribution in [-0.4, -0.2) is 5.54 Å². The molecule has 0 spiro atoms. The number of hydrogen-bond donors (Lipinski definition) is 1. The summed E-state index contributed by atoms with van der Waals surface area (Å²) in [6.07, 6.45) is 7.75. The van der Waals surface area contributed by atoms with Crippen molar-refractivity contribution >= 4 is 10.8 Å². The van der Waals surface area contributed by atoms with Crippen molar-refractivity contribution < 1.29 is 4.84 Å². The maximum absolute atomic E-state index is 5.85. The van der Waals surface area contributed by atoms with Crippen LogP contribution in [0.3, 0.4) is 0 Å². The Morgan fingerprint density at radius 1 is 0.870 bits per heavy atom. The molecule has 0 bridgehead atoms. The van der Waals surface area contributed by atoms with Crippen molar-refractivity contribution in [2.45, 2.75) is 71.8 Å². The van der Waals surface area contributed by atoms with Gasteiger partial charge < -0.3 is 4.84 Å². The zero-order valence-electron chi connectivity index (χ0n) is 15.1. The maximum atomic E-state index is 5.85. The van der Waals surface area contributed by atoms with E-state index in [9.17, 15) is 0 Å². The highest BCUT2D eigenvalue weighted by Crippen LogP contribution is 2.29. The van der Waals surface area contributed by atoms with E-state index in [-0.39, 0.29) is 5.54 Å². The lowest BCUT2D eigenvalue weighted by atomic mass is 9.98. The van der Waals surface area contributed by atoms with Gasteiger partial charge in [-0.3, -0.25) is 0 Å². The number of fused-ring (bicyclic) bond motifs is 1. The van der Waals surface area contributed by atoms with Crippen LogP contribution in [0.25, 0.3) is 10.8 Å². The number of benzene rings is 2. The summed E-state index contributed by atoms with van der Waals surface area (Å²) in [6, 6.07) is 12.9. The minimum Gasteiger partial charge on any atom is -0.408 e. The quantitative estimate of drug-likeness (QED) is 0.474. The summed E-state index contributed by atoms with van der Waals surface area (Å²) in [4.78, 5) is 5.85. The van der Waals surface area contributed by atoms with Gasteiger partial charge in [-0.15, -0.1) is 0 Å². The van der Waals surface area contributed by atoms with E-state index in [2.05, 4.69) is 69.6 Å². The average molecular weight is 313 g/mol. The van der Waals surface area contributed by atoms with Crippen molar-refractivity contribution in [3.05, 3.63) is 42.0 Å². The highest BCUT2D eigenvalue weighted by Gasteiger charge is 2.12. The molecule has 2 nitrogen and oxygen atoms in total. The average Bonchev–Trinajstić information content (AvgIpc) is 2.52. The monoisotopic (exact) mass is 313 g/mol. The second-order valence-corrected chi connectivity index (χ2v) is 7.39. The van der Waals surface area contributed by atoms with Gasteiger partial charge in [0.2, 0.25) is 0 Å². The molecule has 0 amide bonds. The molecule has 0 aliphatic carbocycles. The normalized spacial score (nSPS) is 11.8. The molecule has 0 saturated carbocycles. The first-order valence-electron chi connectivity index (χ1n) is 8.96. The van der Waals surface area contributed by atoms with Crippen molar-refractivity contribution in [1.29, 1.82) is 0 Å². The largest absolute Gasteiger partial charge is 0.408 e. The summed E-state index contributed by atoms with van der Waals surface area (Å²) in [5.74, 6) is 0.908. The molecule has 126 valence electrons. The molecule has 0 unspecified atom stereocenters. The summed E-state index contributed by atoms with van der Waals surface area (Å²) < 4.78 is 0. The van der Waals surface area contributed by atoms with Gasteiger partial charge in [0.1, 0.15) is 0 Å². The molecule has 0 saturated heterocycles. The van der Waals surface area contributed by atoms with Gasteiger partial charge in [-0.2, -0.15) is 5.48 Å². The fourth-order valence-corrected chi connectivity index (χ4v) is 2.77. The Bertz CT molecular complexity index is 613. The fourth-order valence-electron chi connectivity index (χ4n) is 2.77. The van der Waals surface area contributed by atoms with Gasteiger partial charge in [0, 0.05) is 10.9 Å². The smallest absolute Gasteiger partial charge is 0.155 e. The van der Waals surface area contributed by atoms with Crippen LogP contribution >= 0.6 is 0 Å². The SMILES string of the molecule is CCCCCCCc1ccc(ONC(C)(C)C)c2ccccc12. The first-order valence-corrected chi connectivity index (χ1v) is 8.96. The highest BCUT2D eigenvalue weighted by atomic mass is 16.6. The first-order chi connectivity index (χ1) is 11.0. The van der Waals surface area contributed by atoms with Gasteiger partial charge in [-0.1, -0.05) is 62.9 Å².